The monoisotopic (exact) mass is 443 g/mol. The number of furan rings is 1. The molecular weight excluding hydrogens is 422 g/mol. The number of benzene rings is 2. The molecule has 0 atom stereocenters. The maximum Gasteiger partial charge on any atom is 0.251 e. The second-order valence-corrected chi connectivity index (χ2v) is 8.03. The first-order valence-electron chi connectivity index (χ1n) is 10.0. The molecule has 0 unspecified atom stereocenters. The molecule has 32 heavy (non-hydrogen) atoms. The van der Waals surface area contributed by atoms with E-state index in [2.05, 4.69) is 15.6 Å². The van der Waals surface area contributed by atoms with Gasteiger partial charge in [-0.2, -0.15) is 0 Å². The maximum absolute atomic E-state index is 12.5. The topological polar surface area (TPSA) is 84.2 Å². The number of carbonyl (C=O) groups excluding carboxylic acids is 2. The van der Waals surface area contributed by atoms with E-state index in [1.807, 2.05) is 36.4 Å². The molecule has 2 aromatic heterocycles. The van der Waals surface area contributed by atoms with Crippen LogP contribution in [0.1, 0.15) is 32.0 Å². The highest BCUT2D eigenvalue weighted by molar-refractivity contribution is 7.99. The lowest BCUT2D eigenvalue weighted by Crippen LogP contribution is -2.24. The molecule has 4 aromatic rings. The highest BCUT2D eigenvalue weighted by atomic mass is 32.2. The number of nitrogens with zero attached hydrogens (tertiary/aromatic N) is 1. The van der Waals surface area contributed by atoms with Gasteiger partial charge in [0, 0.05) is 28.8 Å². The first kappa shape index (κ1) is 21.4. The molecule has 160 valence electrons. The standard InChI is InChI=1S/C25H21N3O3S/c29-24(19-9-11-22(12-10-19)32-23-8-1-2-13-26-23)27-16-18-5-3-6-20(15-18)25(30)28-17-21-7-4-14-31-21/h1-15H,16-17H2,(H,27,29)(H,28,30). The summed E-state index contributed by atoms with van der Waals surface area (Å²) in [5, 5.41) is 6.62. The van der Waals surface area contributed by atoms with Gasteiger partial charge < -0.3 is 15.1 Å². The van der Waals surface area contributed by atoms with Crippen LogP contribution in [0.2, 0.25) is 0 Å². The van der Waals surface area contributed by atoms with Crippen molar-refractivity contribution >= 4 is 23.6 Å². The van der Waals surface area contributed by atoms with Gasteiger partial charge in [0.2, 0.25) is 0 Å². The molecule has 2 amide bonds. The van der Waals surface area contributed by atoms with Crippen LogP contribution in [0.4, 0.5) is 0 Å². The zero-order valence-corrected chi connectivity index (χ0v) is 18.0. The number of pyridine rings is 1. The number of nitrogens with one attached hydrogen (secondary N) is 2. The molecule has 6 nitrogen and oxygen atoms in total. The van der Waals surface area contributed by atoms with Gasteiger partial charge in [0.25, 0.3) is 11.8 Å². The van der Waals surface area contributed by atoms with Gasteiger partial charge in [0.1, 0.15) is 10.8 Å². The number of rotatable bonds is 8. The third-order valence-corrected chi connectivity index (χ3v) is 5.58. The van der Waals surface area contributed by atoms with Crippen molar-refractivity contribution in [3.8, 4) is 0 Å². The fourth-order valence-corrected chi connectivity index (χ4v) is 3.77. The summed E-state index contributed by atoms with van der Waals surface area (Å²) < 4.78 is 5.22. The zero-order valence-electron chi connectivity index (χ0n) is 17.2. The van der Waals surface area contributed by atoms with Crippen LogP contribution >= 0.6 is 11.8 Å². The number of aromatic nitrogens is 1. The van der Waals surface area contributed by atoms with Crippen molar-refractivity contribution in [2.24, 2.45) is 0 Å². The Balaban J connectivity index is 1.30. The summed E-state index contributed by atoms with van der Waals surface area (Å²) in [7, 11) is 0. The van der Waals surface area contributed by atoms with Crippen molar-refractivity contribution in [3.05, 3.63) is 114 Å². The van der Waals surface area contributed by atoms with E-state index in [0.717, 1.165) is 15.5 Å². The van der Waals surface area contributed by atoms with Crippen LogP contribution in [-0.4, -0.2) is 16.8 Å². The summed E-state index contributed by atoms with van der Waals surface area (Å²) in [4.78, 5) is 30.2. The Morgan fingerprint density at radius 1 is 0.812 bits per heavy atom. The molecule has 0 aliphatic rings. The quantitative estimate of drug-likeness (QED) is 0.413. The first-order valence-corrected chi connectivity index (χ1v) is 10.9. The molecule has 0 fully saturated rings. The summed E-state index contributed by atoms with van der Waals surface area (Å²) in [6, 6.07) is 23.9. The second-order valence-electron chi connectivity index (χ2n) is 6.94. The van der Waals surface area contributed by atoms with E-state index < -0.39 is 0 Å². The highest BCUT2D eigenvalue weighted by Gasteiger charge is 2.09. The molecule has 4 rings (SSSR count). The van der Waals surface area contributed by atoms with E-state index in [-0.39, 0.29) is 11.8 Å². The number of hydrogen-bond donors (Lipinski definition) is 2. The van der Waals surface area contributed by atoms with Gasteiger partial charge >= 0.3 is 0 Å². The van der Waals surface area contributed by atoms with Crippen molar-refractivity contribution in [1.29, 1.82) is 0 Å². The minimum atomic E-state index is -0.199. The van der Waals surface area contributed by atoms with E-state index in [9.17, 15) is 9.59 Å². The fraction of sp³-hybridized carbons (Fsp3) is 0.0800. The van der Waals surface area contributed by atoms with Crippen LogP contribution in [0.3, 0.4) is 0 Å². The third-order valence-electron chi connectivity index (χ3n) is 4.62. The van der Waals surface area contributed by atoms with Crippen LogP contribution < -0.4 is 10.6 Å². The SMILES string of the molecule is O=C(NCc1cccc(C(=O)NCc2ccco2)c1)c1ccc(Sc2ccccn2)cc1. The average Bonchev–Trinajstić information content (AvgIpc) is 3.36. The van der Waals surface area contributed by atoms with Crippen LogP contribution in [0.15, 0.2) is 106 Å². The summed E-state index contributed by atoms with van der Waals surface area (Å²) in [5.74, 6) is 0.314. The van der Waals surface area contributed by atoms with Gasteiger partial charge in [0.15, 0.2) is 0 Å². The minimum Gasteiger partial charge on any atom is -0.467 e. The van der Waals surface area contributed by atoms with Crippen LogP contribution in [0, 0.1) is 0 Å². The molecule has 7 heteroatoms. The molecule has 0 bridgehead atoms. The van der Waals surface area contributed by atoms with Gasteiger partial charge in [-0.3, -0.25) is 9.59 Å². The van der Waals surface area contributed by atoms with Crippen LogP contribution in [-0.2, 0) is 13.1 Å². The van der Waals surface area contributed by atoms with E-state index in [0.29, 0.717) is 30.0 Å². The van der Waals surface area contributed by atoms with E-state index >= 15 is 0 Å². The van der Waals surface area contributed by atoms with Crippen molar-refractivity contribution in [1.82, 2.24) is 15.6 Å². The maximum atomic E-state index is 12.5. The number of hydrogen-bond acceptors (Lipinski definition) is 5. The lowest BCUT2D eigenvalue weighted by Gasteiger charge is -2.08. The zero-order chi connectivity index (χ0) is 22.2. The van der Waals surface area contributed by atoms with E-state index in [1.165, 1.54) is 11.8 Å². The number of carbonyl (C=O) groups is 2. The average molecular weight is 444 g/mol. The highest BCUT2D eigenvalue weighted by Crippen LogP contribution is 2.25. The molecule has 0 saturated carbocycles. The lowest BCUT2D eigenvalue weighted by atomic mass is 10.1. The molecule has 0 spiro atoms. The first-order chi connectivity index (χ1) is 15.7. The van der Waals surface area contributed by atoms with Gasteiger partial charge in [-0.15, -0.1) is 0 Å². The number of amides is 2. The van der Waals surface area contributed by atoms with Crippen LogP contribution in [0.25, 0.3) is 0 Å². The Hall–Kier alpha value is -3.84. The van der Waals surface area contributed by atoms with Gasteiger partial charge in [-0.25, -0.2) is 4.98 Å². The normalized spacial score (nSPS) is 10.5. The summed E-state index contributed by atoms with van der Waals surface area (Å²) in [5.41, 5.74) is 1.94. The summed E-state index contributed by atoms with van der Waals surface area (Å²) in [6.07, 6.45) is 3.32. The predicted octanol–water partition coefficient (Wildman–Crippen LogP) is 4.69. The van der Waals surface area contributed by atoms with Crippen molar-refractivity contribution in [2.75, 3.05) is 0 Å². The third kappa shape index (κ3) is 5.86. The Morgan fingerprint density at radius 3 is 2.38 bits per heavy atom. The van der Waals surface area contributed by atoms with Crippen LogP contribution in [0.5, 0.6) is 0 Å². The molecule has 2 heterocycles. The Bertz CT molecular complexity index is 1180. The molecule has 0 saturated heterocycles. The smallest absolute Gasteiger partial charge is 0.251 e. The largest absolute Gasteiger partial charge is 0.467 e. The predicted molar refractivity (Wildman–Crippen MR) is 122 cm³/mol. The molecule has 0 aliphatic heterocycles. The summed E-state index contributed by atoms with van der Waals surface area (Å²) in [6.45, 7) is 0.643. The molecule has 0 radical (unpaired) electrons. The fourth-order valence-electron chi connectivity index (χ4n) is 2.99. The van der Waals surface area contributed by atoms with Gasteiger partial charge in [0.05, 0.1) is 12.8 Å². The molecule has 0 aliphatic carbocycles. The second kappa shape index (κ2) is 10.5. The molecule has 2 aromatic carbocycles. The van der Waals surface area contributed by atoms with Crippen molar-refractivity contribution in [3.63, 3.8) is 0 Å². The van der Waals surface area contributed by atoms with Crippen molar-refractivity contribution < 1.29 is 14.0 Å². The molecule has 2 N–H and O–H groups in total. The van der Waals surface area contributed by atoms with Crippen molar-refractivity contribution in [2.45, 2.75) is 23.0 Å². The molecular formula is C25H21N3O3S. The van der Waals surface area contributed by atoms with Gasteiger partial charge in [-0.05, 0) is 66.2 Å². The van der Waals surface area contributed by atoms with E-state index in [4.69, 9.17) is 4.42 Å². The Morgan fingerprint density at radius 2 is 1.62 bits per heavy atom. The van der Waals surface area contributed by atoms with Gasteiger partial charge in [-0.1, -0.05) is 30.0 Å². The lowest BCUT2D eigenvalue weighted by molar-refractivity contribution is 0.0943. The Labute approximate surface area is 190 Å². The minimum absolute atomic E-state index is 0.174. The summed E-state index contributed by atoms with van der Waals surface area (Å²) >= 11 is 1.54. The van der Waals surface area contributed by atoms with E-state index in [1.54, 1.807) is 54.9 Å². The Kier molecular flexibility index (Phi) is 6.99.